The van der Waals surface area contributed by atoms with E-state index in [9.17, 15) is 10.2 Å². The lowest BCUT2D eigenvalue weighted by molar-refractivity contribution is 0.452. The van der Waals surface area contributed by atoms with E-state index in [4.69, 9.17) is 0 Å². The molecule has 0 atom stereocenters. The molecule has 6 heteroatoms. The molecular weight excluding hydrogens is 262 g/mol. The molecule has 3 aromatic rings. The molecule has 1 aromatic carbocycles. The fourth-order valence-corrected chi connectivity index (χ4v) is 2.51. The standard InChI is InChI=1S/C13H11N3O2S/c1-7-15-11(6-19-7)10-5-14-16-13(10)9-3-2-8(17)4-12(9)18/h2-6,17-18H,1H3,(H,14,16). The average Bonchev–Trinajstić information content (AvgIpc) is 2.97. The van der Waals surface area contributed by atoms with E-state index >= 15 is 0 Å². The summed E-state index contributed by atoms with van der Waals surface area (Å²) in [7, 11) is 0. The van der Waals surface area contributed by atoms with Gasteiger partial charge in [-0.3, -0.25) is 5.10 Å². The van der Waals surface area contributed by atoms with E-state index in [2.05, 4.69) is 15.2 Å². The highest BCUT2D eigenvalue weighted by molar-refractivity contribution is 7.09. The number of hydrogen-bond donors (Lipinski definition) is 3. The van der Waals surface area contributed by atoms with E-state index in [1.165, 1.54) is 12.1 Å². The number of hydrogen-bond acceptors (Lipinski definition) is 5. The summed E-state index contributed by atoms with van der Waals surface area (Å²) in [6, 6.07) is 4.43. The van der Waals surface area contributed by atoms with E-state index in [-0.39, 0.29) is 11.5 Å². The van der Waals surface area contributed by atoms with Crippen molar-refractivity contribution in [3.05, 3.63) is 34.8 Å². The highest BCUT2D eigenvalue weighted by atomic mass is 32.1. The Bertz CT molecular complexity index is 733. The van der Waals surface area contributed by atoms with Crippen LogP contribution >= 0.6 is 11.3 Å². The molecule has 0 amide bonds. The Labute approximate surface area is 113 Å². The van der Waals surface area contributed by atoms with Gasteiger partial charge in [-0.15, -0.1) is 11.3 Å². The molecule has 0 saturated carbocycles. The van der Waals surface area contributed by atoms with Gasteiger partial charge < -0.3 is 10.2 Å². The van der Waals surface area contributed by atoms with E-state index in [1.807, 2.05) is 12.3 Å². The molecule has 96 valence electrons. The molecule has 3 N–H and O–H groups in total. The third kappa shape index (κ3) is 2.06. The van der Waals surface area contributed by atoms with Gasteiger partial charge in [0.25, 0.3) is 0 Å². The highest BCUT2D eigenvalue weighted by Crippen LogP contribution is 2.36. The molecule has 0 radical (unpaired) electrons. The predicted molar refractivity (Wildman–Crippen MR) is 73.2 cm³/mol. The second-order valence-corrected chi connectivity index (χ2v) is 5.16. The van der Waals surface area contributed by atoms with Crippen LogP contribution in [-0.2, 0) is 0 Å². The van der Waals surface area contributed by atoms with Gasteiger partial charge in [-0.1, -0.05) is 0 Å². The molecule has 3 rings (SSSR count). The van der Waals surface area contributed by atoms with Crippen molar-refractivity contribution in [3.8, 4) is 34.0 Å². The van der Waals surface area contributed by atoms with Crippen LogP contribution in [0.2, 0.25) is 0 Å². The van der Waals surface area contributed by atoms with Crippen LogP contribution in [0, 0.1) is 6.92 Å². The molecule has 0 aliphatic carbocycles. The monoisotopic (exact) mass is 273 g/mol. The summed E-state index contributed by atoms with van der Waals surface area (Å²) in [6.45, 7) is 1.94. The Morgan fingerprint density at radius 2 is 2.05 bits per heavy atom. The highest BCUT2D eigenvalue weighted by Gasteiger charge is 2.16. The lowest BCUT2D eigenvalue weighted by Crippen LogP contribution is -1.84. The summed E-state index contributed by atoms with van der Waals surface area (Å²) in [5.41, 5.74) is 2.81. The molecule has 0 fully saturated rings. The average molecular weight is 273 g/mol. The second-order valence-electron chi connectivity index (χ2n) is 4.10. The molecule has 19 heavy (non-hydrogen) atoms. The Kier molecular flexibility index (Phi) is 2.72. The largest absolute Gasteiger partial charge is 0.508 e. The third-order valence-electron chi connectivity index (χ3n) is 2.77. The van der Waals surface area contributed by atoms with Crippen molar-refractivity contribution in [1.29, 1.82) is 0 Å². The van der Waals surface area contributed by atoms with Crippen molar-refractivity contribution in [2.75, 3.05) is 0 Å². The van der Waals surface area contributed by atoms with Gasteiger partial charge in [-0.25, -0.2) is 4.98 Å². The van der Waals surface area contributed by atoms with Crippen molar-refractivity contribution in [3.63, 3.8) is 0 Å². The Hall–Kier alpha value is -2.34. The Balaban J connectivity index is 2.14. The molecule has 2 heterocycles. The quantitative estimate of drug-likeness (QED) is 0.670. The number of aromatic nitrogens is 3. The summed E-state index contributed by atoms with van der Waals surface area (Å²) >= 11 is 1.56. The van der Waals surface area contributed by atoms with Crippen molar-refractivity contribution in [1.82, 2.24) is 15.2 Å². The first-order valence-corrected chi connectivity index (χ1v) is 6.52. The maximum Gasteiger partial charge on any atom is 0.128 e. The Morgan fingerprint density at radius 3 is 2.74 bits per heavy atom. The lowest BCUT2D eigenvalue weighted by Gasteiger charge is -2.04. The van der Waals surface area contributed by atoms with Gasteiger partial charge in [0.05, 0.1) is 10.7 Å². The number of thiazole rings is 1. The minimum absolute atomic E-state index is 0.0136. The molecule has 0 aliphatic rings. The van der Waals surface area contributed by atoms with E-state index in [1.54, 1.807) is 23.6 Å². The molecule has 0 saturated heterocycles. The van der Waals surface area contributed by atoms with Gasteiger partial charge in [0, 0.05) is 28.8 Å². The summed E-state index contributed by atoms with van der Waals surface area (Å²) < 4.78 is 0. The summed E-state index contributed by atoms with van der Waals surface area (Å²) in [6.07, 6.45) is 1.75. The SMILES string of the molecule is Cc1nc(-c2c[nH]nc2-c2ccc(O)cc2O)cs1. The van der Waals surface area contributed by atoms with Crippen molar-refractivity contribution in [2.45, 2.75) is 6.92 Å². The number of H-pyrrole nitrogens is 1. The number of aromatic amines is 1. The van der Waals surface area contributed by atoms with Gasteiger partial charge in [0.2, 0.25) is 0 Å². The number of aromatic hydroxyl groups is 2. The number of rotatable bonds is 2. The van der Waals surface area contributed by atoms with Crippen LogP contribution in [0.5, 0.6) is 11.5 Å². The molecule has 0 bridgehead atoms. The molecule has 0 spiro atoms. The van der Waals surface area contributed by atoms with E-state index < -0.39 is 0 Å². The fraction of sp³-hybridized carbons (Fsp3) is 0.0769. The predicted octanol–water partition coefficient (Wildman–Crippen LogP) is 2.92. The maximum absolute atomic E-state index is 9.91. The van der Waals surface area contributed by atoms with Crippen molar-refractivity contribution in [2.24, 2.45) is 0 Å². The van der Waals surface area contributed by atoms with Gasteiger partial charge in [-0.2, -0.15) is 5.10 Å². The molecular formula is C13H11N3O2S. The first kappa shape index (κ1) is 11.7. The van der Waals surface area contributed by atoms with Crippen LogP contribution in [-0.4, -0.2) is 25.4 Å². The zero-order chi connectivity index (χ0) is 13.4. The number of benzene rings is 1. The van der Waals surface area contributed by atoms with Gasteiger partial charge in [0.15, 0.2) is 0 Å². The van der Waals surface area contributed by atoms with Crippen LogP contribution in [0.25, 0.3) is 22.5 Å². The number of aryl methyl sites for hydroxylation is 1. The summed E-state index contributed by atoms with van der Waals surface area (Å²) in [5, 5.41) is 29.1. The fourth-order valence-electron chi connectivity index (χ4n) is 1.90. The number of phenolic OH excluding ortho intramolecular Hbond substituents is 2. The van der Waals surface area contributed by atoms with Gasteiger partial charge in [0.1, 0.15) is 17.2 Å². The van der Waals surface area contributed by atoms with Crippen LogP contribution in [0.15, 0.2) is 29.8 Å². The zero-order valence-electron chi connectivity index (χ0n) is 10.1. The minimum atomic E-state index is -0.0136. The summed E-state index contributed by atoms with van der Waals surface area (Å²) in [5.74, 6) is 0.00291. The normalized spacial score (nSPS) is 10.8. The molecule has 5 nitrogen and oxygen atoms in total. The van der Waals surface area contributed by atoms with Crippen LogP contribution in [0.1, 0.15) is 5.01 Å². The smallest absolute Gasteiger partial charge is 0.128 e. The number of nitrogens with zero attached hydrogens (tertiary/aromatic N) is 2. The Morgan fingerprint density at radius 1 is 1.21 bits per heavy atom. The zero-order valence-corrected chi connectivity index (χ0v) is 10.9. The molecule has 2 aromatic heterocycles. The second kappa shape index (κ2) is 4.40. The van der Waals surface area contributed by atoms with Crippen molar-refractivity contribution < 1.29 is 10.2 Å². The first-order chi connectivity index (χ1) is 9.15. The lowest BCUT2D eigenvalue weighted by atomic mass is 10.1. The number of phenols is 2. The maximum atomic E-state index is 9.91. The first-order valence-electron chi connectivity index (χ1n) is 5.64. The minimum Gasteiger partial charge on any atom is -0.508 e. The topological polar surface area (TPSA) is 82.0 Å². The summed E-state index contributed by atoms with van der Waals surface area (Å²) in [4.78, 5) is 4.41. The van der Waals surface area contributed by atoms with Crippen molar-refractivity contribution >= 4 is 11.3 Å². The van der Waals surface area contributed by atoms with Gasteiger partial charge >= 0.3 is 0 Å². The van der Waals surface area contributed by atoms with Crippen LogP contribution in [0.4, 0.5) is 0 Å². The number of nitrogens with one attached hydrogen (secondary N) is 1. The van der Waals surface area contributed by atoms with Gasteiger partial charge in [-0.05, 0) is 19.1 Å². The third-order valence-corrected chi connectivity index (χ3v) is 3.55. The molecule has 0 unspecified atom stereocenters. The van der Waals surface area contributed by atoms with E-state index in [0.29, 0.717) is 11.3 Å². The molecule has 0 aliphatic heterocycles. The van der Waals surface area contributed by atoms with E-state index in [0.717, 1.165) is 16.3 Å². The van der Waals surface area contributed by atoms with Crippen LogP contribution in [0.3, 0.4) is 0 Å². The van der Waals surface area contributed by atoms with Crippen LogP contribution < -0.4 is 0 Å².